The number of halogens is 1. The summed E-state index contributed by atoms with van der Waals surface area (Å²) < 4.78 is 16.1. The molecule has 150 valence electrons. The Morgan fingerprint density at radius 3 is 2.69 bits per heavy atom. The van der Waals surface area contributed by atoms with Crippen LogP contribution in [0.4, 0.5) is 4.39 Å². The van der Waals surface area contributed by atoms with E-state index in [1.165, 1.54) is 30.6 Å². The topological polar surface area (TPSA) is 71.2 Å². The Morgan fingerprint density at radius 2 is 1.97 bits per heavy atom. The molecule has 1 aliphatic rings. The van der Waals surface area contributed by atoms with E-state index in [0.717, 1.165) is 25.8 Å². The van der Waals surface area contributed by atoms with Crippen LogP contribution in [0.2, 0.25) is 0 Å². The van der Waals surface area contributed by atoms with Crippen LogP contribution >= 0.6 is 0 Å². The van der Waals surface area contributed by atoms with Crippen molar-refractivity contribution in [2.24, 2.45) is 5.92 Å². The van der Waals surface area contributed by atoms with Crippen molar-refractivity contribution in [2.75, 3.05) is 13.1 Å². The van der Waals surface area contributed by atoms with Crippen LogP contribution in [0.3, 0.4) is 0 Å². The summed E-state index contributed by atoms with van der Waals surface area (Å²) in [4.78, 5) is 18.7. The molecule has 1 fully saturated rings. The lowest BCUT2D eigenvalue weighted by Crippen LogP contribution is -2.38. The van der Waals surface area contributed by atoms with E-state index < -0.39 is 5.82 Å². The Kier molecular flexibility index (Phi) is 5.55. The van der Waals surface area contributed by atoms with E-state index in [4.69, 9.17) is 0 Å². The fourth-order valence-electron chi connectivity index (χ4n) is 3.82. The molecule has 29 heavy (non-hydrogen) atoms. The summed E-state index contributed by atoms with van der Waals surface area (Å²) in [5.74, 6) is -0.0887. The first kappa shape index (κ1) is 19.1. The summed E-state index contributed by atoms with van der Waals surface area (Å²) in [5.41, 5.74) is 1.40. The summed E-state index contributed by atoms with van der Waals surface area (Å²) >= 11 is 0. The van der Waals surface area contributed by atoms with Crippen molar-refractivity contribution >= 4 is 5.91 Å². The molecule has 4 rings (SSSR count). The first-order valence-corrected chi connectivity index (χ1v) is 9.80. The Balaban J connectivity index is 1.41. The van der Waals surface area contributed by atoms with Gasteiger partial charge in [0.25, 0.3) is 5.91 Å². The molecule has 3 aromatic rings. The number of likely N-dealkylation sites (tertiary alicyclic amines) is 1. The predicted octanol–water partition coefficient (Wildman–Crippen LogP) is 3.73. The second-order valence-corrected chi connectivity index (χ2v) is 7.45. The third-order valence-corrected chi connectivity index (χ3v) is 5.43. The maximum atomic E-state index is 14.2. The van der Waals surface area contributed by atoms with Gasteiger partial charge in [0.2, 0.25) is 0 Å². The van der Waals surface area contributed by atoms with Crippen LogP contribution in [0.5, 0.6) is 5.75 Å². The van der Waals surface area contributed by atoms with E-state index in [0.29, 0.717) is 35.7 Å². The molecule has 6 nitrogen and oxygen atoms in total. The number of benzene rings is 1. The quantitative estimate of drug-likeness (QED) is 0.716. The minimum atomic E-state index is -0.483. The Bertz CT molecular complexity index is 982. The van der Waals surface area contributed by atoms with Gasteiger partial charge in [-0.3, -0.25) is 14.5 Å². The Morgan fingerprint density at radius 1 is 1.14 bits per heavy atom. The van der Waals surface area contributed by atoms with Gasteiger partial charge in [-0.2, -0.15) is 5.10 Å². The Hall–Kier alpha value is -3.22. The number of aromatic hydroxyl groups is 1. The van der Waals surface area contributed by atoms with Gasteiger partial charge in [0.05, 0.1) is 6.20 Å². The highest BCUT2D eigenvalue weighted by molar-refractivity contribution is 5.95. The van der Waals surface area contributed by atoms with Crippen molar-refractivity contribution in [3.05, 3.63) is 66.5 Å². The number of rotatable bonds is 5. The molecule has 1 saturated heterocycles. The lowest BCUT2D eigenvalue weighted by Gasteiger charge is -2.32. The van der Waals surface area contributed by atoms with E-state index in [-0.39, 0.29) is 11.7 Å². The van der Waals surface area contributed by atoms with Crippen LogP contribution in [-0.2, 0) is 6.54 Å². The summed E-state index contributed by atoms with van der Waals surface area (Å²) in [6.07, 6.45) is 9.50. The molecule has 2 aromatic heterocycles. The number of carbonyl (C=O) groups is 1. The molecule has 0 saturated carbocycles. The summed E-state index contributed by atoms with van der Waals surface area (Å²) in [6, 6.07) is 7.69. The second kappa shape index (κ2) is 8.43. The number of aromatic nitrogens is 3. The van der Waals surface area contributed by atoms with Gasteiger partial charge >= 0.3 is 0 Å². The SMILES string of the molecule is O=C(c1cc(F)cc(-c2cncc(O)c2)c1)N1CCC(CCn2cccn2)CC1. The van der Waals surface area contributed by atoms with Crippen molar-refractivity contribution in [3.8, 4) is 16.9 Å². The number of pyridine rings is 1. The van der Waals surface area contributed by atoms with Crippen molar-refractivity contribution in [1.29, 1.82) is 0 Å². The molecule has 1 aromatic carbocycles. The van der Waals surface area contributed by atoms with Crippen LogP contribution in [0.25, 0.3) is 11.1 Å². The zero-order valence-electron chi connectivity index (χ0n) is 16.0. The van der Waals surface area contributed by atoms with Crippen LogP contribution < -0.4 is 0 Å². The summed E-state index contributed by atoms with van der Waals surface area (Å²) in [7, 11) is 0. The maximum absolute atomic E-state index is 14.2. The molecule has 0 unspecified atom stereocenters. The highest BCUT2D eigenvalue weighted by Gasteiger charge is 2.24. The van der Waals surface area contributed by atoms with Gasteiger partial charge in [0.1, 0.15) is 11.6 Å². The number of piperidine rings is 1. The van der Waals surface area contributed by atoms with Crippen molar-refractivity contribution in [2.45, 2.75) is 25.8 Å². The Labute approximate surface area is 168 Å². The van der Waals surface area contributed by atoms with Crippen LogP contribution in [0.15, 0.2) is 55.1 Å². The zero-order valence-corrected chi connectivity index (χ0v) is 16.0. The lowest BCUT2D eigenvalue weighted by atomic mass is 9.93. The minimum absolute atomic E-state index is 0.00294. The molecular formula is C22H23FN4O2. The smallest absolute Gasteiger partial charge is 0.253 e. The van der Waals surface area contributed by atoms with Crippen LogP contribution in [0, 0.1) is 11.7 Å². The lowest BCUT2D eigenvalue weighted by molar-refractivity contribution is 0.0684. The molecular weight excluding hydrogens is 371 g/mol. The molecule has 3 heterocycles. The standard InChI is InChI=1S/C22H23FN4O2/c23-20-11-17(19-13-21(28)15-24-14-19)10-18(12-20)22(29)26-7-2-16(3-8-26)4-9-27-6-1-5-25-27/h1,5-6,10-16,28H,2-4,7-9H2. The van der Waals surface area contributed by atoms with Crippen LogP contribution in [-0.4, -0.2) is 43.8 Å². The number of amides is 1. The first-order chi connectivity index (χ1) is 14.1. The van der Waals surface area contributed by atoms with E-state index >= 15 is 0 Å². The highest BCUT2D eigenvalue weighted by atomic mass is 19.1. The van der Waals surface area contributed by atoms with Gasteiger partial charge < -0.3 is 10.0 Å². The minimum Gasteiger partial charge on any atom is -0.506 e. The number of carbonyl (C=O) groups excluding carboxylic acids is 1. The highest BCUT2D eigenvalue weighted by Crippen LogP contribution is 2.26. The fourth-order valence-corrected chi connectivity index (χ4v) is 3.82. The molecule has 1 amide bonds. The second-order valence-electron chi connectivity index (χ2n) is 7.45. The van der Waals surface area contributed by atoms with Crippen molar-refractivity contribution < 1.29 is 14.3 Å². The number of aryl methyl sites for hydroxylation is 1. The zero-order chi connectivity index (χ0) is 20.2. The van der Waals surface area contributed by atoms with Gasteiger partial charge in [-0.05, 0) is 61.1 Å². The average Bonchev–Trinajstić information content (AvgIpc) is 3.25. The van der Waals surface area contributed by atoms with E-state index in [2.05, 4.69) is 10.1 Å². The molecule has 1 N–H and O–H groups in total. The molecule has 0 atom stereocenters. The molecule has 1 aliphatic heterocycles. The first-order valence-electron chi connectivity index (χ1n) is 9.80. The number of hydrogen-bond acceptors (Lipinski definition) is 4. The maximum Gasteiger partial charge on any atom is 0.253 e. The third-order valence-electron chi connectivity index (χ3n) is 5.43. The predicted molar refractivity (Wildman–Crippen MR) is 107 cm³/mol. The van der Waals surface area contributed by atoms with Gasteiger partial charge in [-0.25, -0.2) is 4.39 Å². The molecule has 0 aliphatic carbocycles. The van der Waals surface area contributed by atoms with Crippen molar-refractivity contribution in [3.63, 3.8) is 0 Å². The van der Waals surface area contributed by atoms with Crippen LogP contribution in [0.1, 0.15) is 29.6 Å². The van der Waals surface area contributed by atoms with E-state index in [9.17, 15) is 14.3 Å². The average molecular weight is 394 g/mol. The number of nitrogens with zero attached hydrogens (tertiary/aromatic N) is 4. The van der Waals surface area contributed by atoms with E-state index in [1.54, 1.807) is 17.2 Å². The van der Waals surface area contributed by atoms with Crippen molar-refractivity contribution in [1.82, 2.24) is 19.7 Å². The fraction of sp³-hybridized carbons (Fsp3) is 0.318. The van der Waals surface area contributed by atoms with Gasteiger partial charge in [-0.15, -0.1) is 0 Å². The molecule has 0 spiro atoms. The van der Waals surface area contributed by atoms with Gasteiger partial charge in [0.15, 0.2) is 0 Å². The molecule has 0 radical (unpaired) electrons. The molecule has 0 bridgehead atoms. The summed E-state index contributed by atoms with van der Waals surface area (Å²) in [6.45, 7) is 2.22. The van der Waals surface area contributed by atoms with Gasteiger partial charge in [-0.1, -0.05) is 0 Å². The normalized spacial score (nSPS) is 14.9. The monoisotopic (exact) mass is 394 g/mol. The van der Waals surface area contributed by atoms with Gasteiger partial charge in [0, 0.05) is 49.4 Å². The number of hydrogen-bond donors (Lipinski definition) is 1. The largest absolute Gasteiger partial charge is 0.506 e. The summed E-state index contributed by atoms with van der Waals surface area (Å²) in [5, 5.41) is 13.8. The van der Waals surface area contributed by atoms with E-state index in [1.807, 2.05) is 16.9 Å². The molecule has 7 heteroatoms. The third kappa shape index (κ3) is 4.62.